The number of anilines is 2. The molecule has 0 saturated heterocycles. The Kier molecular flexibility index (Phi) is 4.84. The number of benzene rings is 1. The van der Waals surface area contributed by atoms with E-state index in [0.717, 1.165) is 22.0 Å². The van der Waals surface area contributed by atoms with Crippen LogP contribution in [0.15, 0.2) is 36.5 Å². The Labute approximate surface area is 157 Å². The largest absolute Gasteiger partial charge is 0.508 e. The number of phenols is 1. The van der Waals surface area contributed by atoms with Gasteiger partial charge in [-0.3, -0.25) is 0 Å². The number of aryl methyl sites for hydroxylation is 1. The zero-order chi connectivity index (χ0) is 17.9. The average molecular weight is 366 g/mol. The predicted molar refractivity (Wildman–Crippen MR) is 105 cm³/mol. The van der Waals surface area contributed by atoms with Crippen molar-refractivity contribution in [2.24, 2.45) is 0 Å². The Balaban J connectivity index is 1.59. The van der Waals surface area contributed by atoms with E-state index in [-0.39, 0.29) is 5.75 Å². The molecule has 0 bridgehead atoms. The van der Waals surface area contributed by atoms with Crippen LogP contribution in [0.4, 0.5) is 11.6 Å². The first-order chi connectivity index (χ1) is 12.7. The summed E-state index contributed by atoms with van der Waals surface area (Å²) in [6.45, 7) is 2.06. The van der Waals surface area contributed by atoms with Crippen LogP contribution in [0.5, 0.6) is 5.75 Å². The molecule has 0 radical (unpaired) electrons. The molecule has 3 aromatic rings. The van der Waals surface area contributed by atoms with Crippen LogP contribution in [-0.4, -0.2) is 20.1 Å². The first kappa shape index (κ1) is 17.0. The molecule has 0 amide bonds. The van der Waals surface area contributed by atoms with Gasteiger partial charge in [-0.05, 0) is 38.0 Å². The molecule has 2 aromatic heterocycles. The monoisotopic (exact) mass is 366 g/mol. The van der Waals surface area contributed by atoms with Crippen molar-refractivity contribution in [3.05, 3.63) is 47.2 Å². The second-order valence-corrected chi connectivity index (χ2v) is 7.77. The SMILES string of the molecule is Cc1nc(C2CCCCC2)sc1-c1ccnc(Nc2cccc(O)c2)n1. The zero-order valence-electron chi connectivity index (χ0n) is 14.8. The van der Waals surface area contributed by atoms with E-state index in [1.165, 1.54) is 37.1 Å². The van der Waals surface area contributed by atoms with Crippen molar-refractivity contribution in [1.82, 2.24) is 15.0 Å². The number of nitrogens with one attached hydrogen (secondary N) is 1. The predicted octanol–water partition coefficient (Wildman–Crippen LogP) is 5.41. The van der Waals surface area contributed by atoms with Crippen LogP contribution >= 0.6 is 11.3 Å². The molecule has 0 spiro atoms. The highest BCUT2D eigenvalue weighted by Gasteiger charge is 2.21. The minimum atomic E-state index is 0.210. The maximum atomic E-state index is 9.60. The lowest BCUT2D eigenvalue weighted by molar-refractivity contribution is 0.442. The van der Waals surface area contributed by atoms with Gasteiger partial charge in [0.05, 0.1) is 21.3 Å². The lowest BCUT2D eigenvalue weighted by Gasteiger charge is -2.18. The quantitative estimate of drug-likeness (QED) is 0.646. The lowest BCUT2D eigenvalue weighted by Crippen LogP contribution is -2.03. The molecule has 1 aliphatic rings. The van der Waals surface area contributed by atoms with Crippen molar-refractivity contribution in [1.29, 1.82) is 0 Å². The maximum absolute atomic E-state index is 9.60. The Morgan fingerprint density at radius 1 is 1.12 bits per heavy atom. The molecular weight excluding hydrogens is 344 g/mol. The van der Waals surface area contributed by atoms with Crippen LogP contribution < -0.4 is 5.32 Å². The van der Waals surface area contributed by atoms with E-state index in [1.807, 2.05) is 12.1 Å². The number of thiazole rings is 1. The van der Waals surface area contributed by atoms with Gasteiger partial charge in [-0.15, -0.1) is 11.3 Å². The number of rotatable bonds is 4. The van der Waals surface area contributed by atoms with E-state index in [0.29, 0.717) is 11.9 Å². The summed E-state index contributed by atoms with van der Waals surface area (Å²) in [6, 6.07) is 8.87. The Bertz CT molecular complexity index is 902. The average Bonchev–Trinajstić information content (AvgIpc) is 3.05. The second kappa shape index (κ2) is 7.41. The lowest BCUT2D eigenvalue weighted by atomic mass is 9.90. The third kappa shape index (κ3) is 3.70. The number of hydrogen-bond acceptors (Lipinski definition) is 6. The zero-order valence-corrected chi connectivity index (χ0v) is 15.6. The highest BCUT2D eigenvalue weighted by molar-refractivity contribution is 7.15. The first-order valence-corrected chi connectivity index (χ1v) is 9.87. The Morgan fingerprint density at radius 2 is 1.96 bits per heavy atom. The van der Waals surface area contributed by atoms with Gasteiger partial charge in [-0.2, -0.15) is 0 Å². The fourth-order valence-electron chi connectivity index (χ4n) is 3.44. The number of nitrogens with zero attached hydrogens (tertiary/aromatic N) is 3. The van der Waals surface area contributed by atoms with E-state index in [2.05, 4.69) is 22.2 Å². The summed E-state index contributed by atoms with van der Waals surface area (Å²) in [7, 11) is 0. The molecule has 1 aromatic carbocycles. The van der Waals surface area contributed by atoms with Gasteiger partial charge < -0.3 is 10.4 Å². The van der Waals surface area contributed by atoms with Crippen LogP contribution in [-0.2, 0) is 0 Å². The molecule has 1 aliphatic carbocycles. The van der Waals surface area contributed by atoms with Crippen molar-refractivity contribution < 1.29 is 5.11 Å². The van der Waals surface area contributed by atoms with Gasteiger partial charge in [0, 0.05) is 23.9 Å². The molecule has 0 aliphatic heterocycles. The Morgan fingerprint density at radius 3 is 2.77 bits per heavy atom. The topological polar surface area (TPSA) is 70.9 Å². The summed E-state index contributed by atoms with van der Waals surface area (Å²) < 4.78 is 0. The number of phenolic OH excluding ortho intramolecular Hbond substituents is 1. The van der Waals surface area contributed by atoms with Gasteiger partial charge in [0.25, 0.3) is 0 Å². The summed E-state index contributed by atoms with van der Waals surface area (Å²) in [5.74, 6) is 1.33. The maximum Gasteiger partial charge on any atom is 0.227 e. The van der Waals surface area contributed by atoms with Gasteiger partial charge in [0.15, 0.2) is 0 Å². The van der Waals surface area contributed by atoms with E-state index in [1.54, 1.807) is 35.7 Å². The van der Waals surface area contributed by atoms with Crippen LogP contribution in [0.3, 0.4) is 0 Å². The van der Waals surface area contributed by atoms with Gasteiger partial charge in [0.2, 0.25) is 5.95 Å². The van der Waals surface area contributed by atoms with Crippen LogP contribution in [0.25, 0.3) is 10.6 Å². The highest BCUT2D eigenvalue weighted by atomic mass is 32.1. The third-order valence-electron chi connectivity index (χ3n) is 4.76. The van der Waals surface area contributed by atoms with E-state index >= 15 is 0 Å². The summed E-state index contributed by atoms with van der Waals surface area (Å²) in [5.41, 5.74) is 2.68. The van der Waals surface area contributed by atoms with Crippen molar-refractivity contribution in [3.8, 4) is 16.3 Å². The summed E-state index contributed by atoms with van der Waals surface area (Å²) in [6.07, 6.45) is 8.23. The molecule has 1 saturated carbocycles. The Hall–Kier alpha value is -2.47. The van der Waals surface area contributed by atoms with Crippen LogP contribution in [0.1, 0.15) is 48.7 Å². The van der Waals surface area contributed by atoms with Gasteiger partial charge in [-0.1, -0.05) is 25.3 Å². The van der Waals surface area contributed by atoms with Gasteiger partial charge >= 0.3 is 0 Å². The molecule has 4 rings (SSSR count). The summed E-state index contributed by atoms with van der Waals surface area (Å²) in [4.78, 5) is 14.9. The molecule has 1 fully saturated rings. The van der Waals surface area contributed by atoms with Gasteiger partial charge in [0.1, 0.15) is 5.75 Å². The molecule has 134 valence electrons. The fourth-order valence-corrected chi connectivity index (χ4v) is 4.64. The molecular formula is C20H22N4OS. The van der Waals surface area contributed by atoms with Crippen molar-refractivity contribution in [2.75, 3.05) is 5.32 Å². The number of aromatic hydroxyl groups is 1. The van der Waals surface area contributed by atoms with E-state index in [4.69, 9.17) is 4.98 Å². The molecule has 6 heteroatoms. The second-order valence-electron chi connectivity index (χ2n) is 6.74. The normalized spacial score (nSPS) is 15.1. The van der Waals surface area contributed by atoms with E-state index < -0.39 is 0 Å². The molecule has 2 N–H and O–H groups in total. The molecule has 26 heavy (non-hydrogen) atoms. The third-order valence-corrected chi connectivity index (χ3v) is 6.10. The van der Waals surface area contributed by atoms with E-state index in [9.17, 15) is 5.11 Å². The minimum absolute atomic E-state index is 0.210. The van der Waals surface area contributed by atoms with Crippen molar-refractivity contribution in [3.63, 3.8) is 0 Å². The summed E-state index contributed by atoms with van der Waals surface area (Å²) in [5, 5.41) is 14.0. The van der Waals surface area contributed by atoms with Crippen molar-refractivity contribution >= 4 is 23.0 Å². The standard InChI is InChI=1S/C20H22N4OS/c1-13-18(26-19(22-13)14-6-3-2-4-7-14)17-10-11-21-20(24-17)23-15-8-5-9-16(25)12-15/h5,8-12,14,25H,2-4,6-7H2,1H3,(H,21,23,24). The van der Waals surface area contributed by atoms with Crippen LogP contribution in [0, 0.1) is 6.92 Å². The summed E-state index contributed by atoms with van der Waals surface area (Å²) >= 11 is 1.77. The molecule has 0 atom stereocenters. The minimum Gasteiger partial charge on any atom is -0.508 e. The molecule has 0 unspecified atom stereocenters. The smallest absolute Gasteiger partial charge is 0.227 e. The molecule has 2 heterocycles. The number of hydrogen-bond donors (Lipinski definition) is 2. The van der Waals surface area contributed by atoms with Crippen LogP contribution in [0.2, 0.25) is 0 Å². The highest BCUT2D eigenvalue weighted by Crippen LogP contribution is 2.38. The first-order valence-electron chi connectivity index (χ1n) is 9.06. The molecule has 5 nitrogen and oxygen atoms in total. The van der Waals surface area contributed by atoms with Crippen molar-refractivity contribution in [2.45, 2.75) is 44.9 Å². The van der Waals surface area contributed by atoms with Gasteiger partial charge in [-0.25, -0.2) is 15.0 Å². The fraction of sp³-hybridized carbons (Fsp3) is 0.350. The number of aromatic nitrogens is 3.